The molecule has 0 aliphatic carbocycles. The van der Waals surface area contributed by atoms with Crippen molar-refractivity contribution in [2.45, 2.75) is 52.2 Å². The third-order valence-corrected chi connectivity index (χ3v) is 2.15. The van der Waals surface area contributed by atoms with Crippen molar-refractivity contribution in [3.05, 3.63) is 0 Å². The smallest absolute Gasteiger partial charge is 0.0758 e. The molecule has 0 bridgehead atoms. The molecule has 0 amide bonds. The number of hydrogen-bond donors (Lipinski definition) is 0. The SMILES string of the molecule is COC(C)(C)CC(C#N)CN=NC(C)(C)C. The van der Waals surface area contributed by atoms with E-state index in [4.69, 9.17) is 10.00 Å². The first-order valence-electron chi connectivity index (χ1n) is 5.53. The van der Waals surface area contributed by atoms with E-state index in [2.05, 4.69) is 16.3 Å². The molecule has 0 heterocycles. The number of methoxy groups -OCH3 is 1. The first-order chi connectivity index (χ1) is 7.20. The Labute approximate surface area is 98.7 Å². The highest BCUT2D eigenvalue weighted by molar-refractivity contribution is 4.89. The molecule has 92 valence electrons. The molecule has 4 heteroatoms. The van der Waals surface area contributed by atoms with Gasteiger partial charge in [0.05, 0.1) is 29.7 Å². The molecule has 0 aliphatic heterocycles. The third-order valence-electron chi connectivity index (χ3n) is 2.15. The first kappa shape index (κ1) is 15.0. The Morgan fingerprint density at radius 2 is 1.81 bits per heavy atom. The van der Waals surface area contributed by atoms with Crippen molar-refractivity contribution in [2.24, 2.45) is 16.1 Å². The summed E-state index contributed by atoms with van der Waals surface area (Å²) < 4.78 is 5.29. The highest BCUT2D eigenvalue weighted by atomic mass is 16.5. The maximum absolute atomic E-state index is 9.01. The van der Waals surface area contributed by atoms with Gasteiger partial charge < -0.3 is 4.74 Å². The molecule has 0 fully saturated rings. The lowest BCUT2D eigenvalue weighted by atomic mass is 9.94. The number of ether oxygens (including phenoxy) is 1. The Morgan fingerprint density at radius 3 is 2.19 bits per heavy atom. The molecule has 0 N–H and O–H groups in total. The number of nitriles is 1. The van der Waals surface area contributed by atoms with Gasteiger partial charge in [-0.2, -0.15) is 15.5 Å². The molecule has 0 aromatic rings. The molecule has 0 rings (SSSR count). The van der Waals surface area contributed by atoms with Crippen molar-refractivity contribution in [3.8, 4) is 6.07 Å². The van der Waals surface area contributed by atoms with Gasteiger partial charge in [0.1, 0.15) is 0 Å². The summed E-state index contributed by atoms with van der Waals surface area (Å²) in [4.78, 5) is 0. The molecule has 1 unspecified atom stereocenters. The predicted molar refractivity (Wildman–Crippen MR) is 64.3 cm³/mol. The van der Waals surface area contributed by atoms with Crippen LogP contribution in [0.15, 0.2) is 10.2 Å². The van der Waals surface area contributed by atoms with E-state index >= 15 is 0 Å². The summed E-state index contributed by atoms with van der Waals surface area (Å²) in [6.07, 6.45) is 0.670. The van der Waals surface area contributed by atoms with Crippen LogP contribution in [0, 0.1) is 17.2 Å². The summed E-state index contributed by atoms with van der Waals surface area (Å²) >= 11 is 0. The Bertz CT molecular complexity index is 271. The van der Waals surface area contributed by atoms with Crippen LogP contribution in [0.1, 0.15) is 41.0 Å². The number of azo groups is 1. The monoisotopic (exact) mass is 225 g/mol. The Hall–Kier alpha value is -0.950. The highest BCUT2D eigenvalue weighted by Crippen LogP contribution is 2.20. The van der Waals surface area contributed by atoms with Gasteiger partial charge in [0.2, 0.25) is 0 Å². The normalized spacial score (nSPS) is 15.1. The lowest BCUT2D eigenvalue weighted by molar-refractivity contribution is 0.00794. The van der Waals surface area contributed by atoms with Crippen LogP contribution in [-0.2, 0) is 4.74 Å². The zero-order valence-corrected chi connectivity index (χ0v) is 11.2. The zero-order valence-electron chi connectivity index (χ0n) is 11.2. The molecule has 0 aromatic carbocycles. The molecule has 0 radical (unpaired) electrons. The van der Waals surface area contributed by atoms with Crippen LogP contribution in [0.2, 0.25) is 0 Å². The van der Waals surface area contributed by atoms with Crippen LogP contribution in [0.5, 0.6) is 0 Å². The van der Waals surface area contributed by atoms with Gasteiger partial charge in [-0.1, -0.05) is 0 Å². The van der Waals surface area contributed by atoms with Crippen molar-refractivity contribution in [1.82, 2.24) is 0 Å². The second kappa shape index (κ2) is 5.95. The molecule has 1 atom stereocenters. The van der Waals surface area contributed by atoms with E-state index in [1.54, 1.807) is 7.11 Å². The molecule has 4 nitrogen and oxygen atoms in total. The fraction of sp³-hybridized carbons (Fsp3) is 0.917. The summed E-state index contributed by atoms with van der Waals surface area (Å²) in [5.74, 6) is -0.138. The predicted octanol–water partition coefficient (Wildman–Crippen LogP) is 3.19. The van der Waals surface area contributed by atoms with Gasteiger partial charge in [0.15, 0.2) is 0 Å². The molecule has 0 aliphatic rings. The fourth-order valence-corrected chi connectivity index (χ4v) is 1.18. The van der Waals surface area contributed by atoms with Crippen LogP contribution in [-0.4, -0.2) is 24.8 Å². The van der Waals surface area contributed by atoms with E-state index < -0.39 is 0 Å². The molecule has 0 saturated heterocycles. The van der Waals surface area contributed by atoms with Crippen molar-refractivity contribution < 1.29 is 4.74 Å². The summed E-state index contributed by atoms with van der Waals surface area (Å²) in [5, 5.41) is 17.2. The van der Waals surface area contributed by atoms with E-state index in [-0.39, 0.29) is 17.1 Å². The quantitative estimate of drug-likeness (QED) is 0.675. The van der Waals surface area contributed by atoms with Crippen molar-refractivity contribution in [2.75, 3.05) is 13.7 Å². The summed E-state index contributed by atoms with van der Waals surface area (Å²) in [7, 11) is 1.66. The maximum atomic E-state index is 9.01. The van der Waals surface area contributed by atoms with Crippen molar-refractivity contribution in [1.29, 1.82) is 5.26 Å². The average molecular weight is 225 g/mol. The fourth-order valence-electron chi connectivity index (χ4n) is 1.18. The van der Waals surface area contributed by atoms with Gasteiger partial charge in [0, 0.05) is 7.11 Å². The summed E-state index contributed by atoms with van der Waals surface area (Å²) in [5.41, 5.74) is -0.450. The van der Waals surface area contributed by atoms with E-state index in [1.165, 1.54) is 0 Å². The van der Waals surface area contributed by atoms with Gasteiger partial charge in [-0.25, -0.2) is 0 Å². The lowest BCUT2D eigenvalue weighted by Gasteiger charge is -2.24. The number of rotatable bonds is 5. The largest absolute Gasteiger partial charge is 0.379 e. The van der Waals surface area contributed by atoms with Crippen molar-refractivity contribution in [3.63, 3.8) is 0 Å². The second-order valence-electron chi connectivity index (χ2n) is 5.59. The van der Waals surface area contributed by atoms with E-state index in [9.17, 15) is 0 Å². The molecule has 0 spiro atoms. The standard InChI is InChI=1S/C12H23N3O/c1-11(2,3)15-14-9-10(8-13)7-12(4,5)16-6/h10H,7,9H2,1-6H3. The minimum Gasteiger partial charge on any atom is -0.379 e. The van der Waals surface area contributed by atoms with Gasteiger partial charge in [0.25, 0.3) is 0 Å². The Morgan fingerprint density at radius 1 is 1.25 bits per heavy atom. The number of nitrogens with zero attached hydrogens (tertiary/aromatic N) is 3. The molecular weight excluding hydrogens is 202 g/mol. The summed E-state index contributed by atoms with van der Waals surface area (Å²) in [6.45, 7) is 10.3. The van der Waals surface area contributed by atoms with Gasteiger partial charge >= 0.3 is 0 Å². The van der Waals surface area contributed by atoms with Gasteiger partial charge in [-0.05, 0) is 41.0 Å². The highest BCUT2D eigenvalue weighted by Gasteiger charge is 2.22. The van der Waals surface area contributed by atoms with E-state index in [0.29, 0.717) is 13.0 Å². The second-order valence-corrected chi connectivity index (χ2v) is 5.59. The average Bonchev–Trinajstić information content (AvgIpc) is 2.14. The van der Waals surface area contributed by atoms with Crippen molar-refractivity contribution >= 4 is 0 Å². The van der Waals surface area contributed by atoms with Gasteiger partial charge in [-0.15, -0.1) is 0 Å². The minimum atomic E-state index is -0.280. The molecule has 16 heavy (non-hydrogen) atoms. The zero-order chi connectivity index (χ0) is 12.8. The van der Waals surface area contributed by atoms with Crippen LogP contribution in [0.3, 0.4) is 0 Å². The van der Waals surface area contributed by atoms with E-state index in [0.717, 1.165) is 0 Å². The lowest BCUT2D eigenvalue weighted by Crippen LogP contribution is -2.26. The molecule has 0 aromatic heterocycles. The third kappa shape index (κ3) is 7.36. The van der Waals surface area contributed by atoms with Crippen LogP contribution >= 0.6 is 0 Å². The van der Waals surface area contributed by atoms with Crippen LogP contribution in [0.25, 0.3) is 0 Å². The molecule has 0 saturated carbocycles. The maximum Gasteiger partial charge on any atom is 0.0758 e. The van der Waals surface area contributed by atoms with Gasteiger partial charge in [-0.3, -0.25) is 0 Å². The topological polar surface area (TPSA) is 57.7 Å². The summed E-state index contributed by atoms with van der Waals surface area (Å²) in [6, 6.07) is 2.24. The Balaban J connectivity index is 4.25. The van der Waals surface area contributed by atoms with E-state index in [1.807, 2.05) is 34.6 Å². The first-order valence-corrected chi connectivity index (χ1v) is 5.53. The Kier molecular flexibility index (Phi) is 5.60. The minimum absolute atomic E-state index is 0.138. The molecular formula is C12H23N3O. The van der Waals surface area contributed by atoms with Crippen LogP contribution in [0.4, 0.5) is 0 Å². The van der Waals surface area contributed by atoms with Crippen LogP contribution < -0.4 is 0 Å². The number of hydrogen-bond acceptors (Lipinski definition) is 4.